The van der Waals surface area contributed by atoms with Crippen LogP contribution in [0.25, 0.3) is 0 Å². The fourth-order valence-corrected chi connectivity index (χ4v) is 1.41. The van der Waals surface area contributed by atoms with Crippen molar-refractivity contribution in [2.24, 2.45) is 5.73 Å². The van der Waals surface area contributed by atoms with Crippen LogP contribution in [0, 0.1) is 0 Å². The average molecular weight is 237 g/mol. The lowest BCUT2D eigenvalue weighted by Crippen LogP contribution is -2.35. The van der Waals surface area contributed by atoms with Gasteiger partial charge in [0.1, 0.15) is 6.61 Å². The molecule has 0 aromatic carbocycles. The molecule has 0 aliphatic carbocycles. The van der Waals surface area contributed by atoms with Crippen LogP contribution < -0.4 is 5.73 Å². The lowest BCUT2D eigenvalue weighted by Gasteiger charge is -2.10. The van der Waals surface area contributed by atoms with Crippen molar-refractivity contribution in [1.29, 1.82) is 0 Å². The van der Waals surface area contributed by atoms with Crippen LogP contribution in [0.2, 0.25) is 0 Å². The van der Waals surface area contributed by atoms with E-state index in [0.717, 1.165) is 0 Å². The summed E-state index contributed by atoms with van der Waals surface area (Å²) in [4.78, 5) is 21.5. The number of rotatable bonds is 6. The zero-order valence-corrected chi connectivity index (χ0v) is 8.57. The summed E-state index contributed by atoms with van der Waals surface area (Å²) in [6.07, 6.45) is 0.387. The number of carbonyl (C=O) groups excluding carboxylic acids is 2. The molecule has 0 saturated heterocycles. The molecule has 0 spiro atoms. The molecule has 0 aromatic heterocycles. The van der Waals surface area contributed by atoms with Crippen LogP contribution in [-0.2, 0) is 24.4 Å². The molecule has 8 heteroatoms. The zero-order valence-electron chi connectivity index (χ0n) is 7.75. The highest BCUT2D eigenvalue weighted by Gasteiger charge is 2.34. The first-order valence-corrected chi connectivity index (χ1v) is 5.31. The van der Waals surface area contributed by atoms with Crippen molar-refractivity contribution in [3.05, 3.63) is 12.7 Å². The summed E-state index contributed by atoms with van der Waals surface area (Å²) in [6.45, 7) is 3.02. The van der Waals surface area contributed by atoms with Crippen LogP contribution in [-0.4, -0.2) is 36.7 Å². The molecule has 0 saturated carbocycles. The molecule has 0 aliphatic heterocycles. The molecule has 0 aliphatic rings. The monoisotopic (exact) mass is 237 g/mol. The predicted octanol–water partition coefficient (Wildman–Crippen LogP) is -1.15. The fraction of sp³-hybridized carbons (Fsp3) is 0.429. The maximum absolute atomic E-state index is 11.1. The number of carbonyl (C=O) groups is 2. The quantitative estimate of drug-likeness (QED) is 0.341. The van der Waals surface area contributed by atoms with E-state index >= 15 is 0 Å². The maximum Gasteiger partial charge on any atom is 0.327 e. The summed E-state index contributed by atoms with van der Waals surface area (Å²) in [6, 6.07) is 0. The molecular weight excluding hydrogens is 226 g/mol. The lowest BCUT2D eigenvalue weighted by molar-refractivity contribution is -0.143. The summed E-state index contributed by atoms with van der Waals surface area (Å²) in [5, 5.41) is -1.98. The standard InChI is InChI=1S/C7H11NO6S/c1-2-3-14-7(10)5(4-6(8)9)15(11,12)13/h2,5H,1,3-4H2,(H2,8,9)(H,11,12,13). The zero-order chi connectivity index (χ0) is 12.1. The maximum atomic E-state index is 11.1. The number of esters is 1. The Morgan fingerprint density at radius 1 is 1.53 bits per heavy atom. The summed E-state index contributed by atoms with van der Waals surface area (Å²) in [7, 11) is -4.70. The van der Waals surface area contributed by atoms with Gasteiger partial charge in [0, 0.05) is 0 Å². The first kappa shape index (κ1) is 13.6. The van der Waals surface area contributed by atoms with Gasteiger partial charge < -0.3 is 10.5 Å². The van der Waals surface area contributed by atoms with Crippen molar-refractivity contribution < 1.29 is 27.3 Å². The van der Waals surface area contributed by atoms with E-state index in [4.69, 9.17) is 10.3 Å². The van der Waals surface area contributed by atoms with Gasteiger partial charge in [-0.1, -0.05) is 12.7 Å². The molecule has 0 fully saturated rings. The Hall–Kier alpha value is -1.41. The second-order valence-corrected chi connectivity index (χ2v) is 4.19. The first-order valence-electron chi connectivity index (χ1n) is 3.81. The van der Waals surface area contributed by atoms with E-state index in [1.165, 1.54) is 6.08 Å². The molecule has 0 aromatic rings. The Balaban J connectivity index is 4.71. The summed E-state index contributed by atoms with van der Waals surface area (Å²) >= 11 is 0. The topological polar surface area (TPSA) is 124 Å². The van der Waals surface area contributed by atoms with Gasteiger partial charge in [0.05, 0.1) is 6.42 Å². The second-order valence-electron chi connectivity index (χ2n) is 2.59. The van der Waals surface area contributed by atoms with E-state index in [1.807, 2.05) is 0 Å². The van der Waals surface area contributed by atoms with Crippen molar-refractivity contribution in [3.63, 3.8) is 0 Å². The van der Waals surface area contributed by atoms with Gasteiger partial charge in [-0.05, 0) is 0 Å². The average Bonchev–Trinajstić information content (AvgIpc) is 2.08. The molecular formula is C7H11NO6S. The van der Waals surface area contributed by atoms with Crippen molar-refractivity contribution in [3.8, 4) is 0 Å². The van der Waals surface area contributed by atoms with Crippen LogP contribution in [0.5, 0.6) is 0 Å². The first-order chi connectivity index (χ1) is 6.79. The highest BCUT2D eigenvalue weighted by Crippen LogP contribution is 2.06. The number of nitrogens with two attached hydrogens (primary N) is 1. The Morgan fingerprint density at radius 2 is 2.07 bits per heavy atom. The summed E-state index contributed by atoms with van der Waals surface area (Å²) in [5.74, 6) is -2.27. The number of hydrogen-bond donors (Lipinski definition) is 2. The van der Waals surface area contributed by atoms with Crippen LogP contribution in [0.1, 0.15) is 6.42 Å². The van der Waals surface area contributed by atoms with Gasteiger partial charge in [-0.2, -0.15) is 8.42 Å². The molecule has 0 rings (SSSR count). The molecule has 15 heavy (non-hydrogen) atoms. The SMILES string of the molecule is C=CCOC(=O)C(CC(N)=O)S(=O)(=O)O. The molecule has 7 nitrogen and oxygen atoms in total. The third-order valence-corrected chi connectivity index (χ3v) is 2.43. The molecule has 86 valence electrons. The Labute approximate surface area is 86.6 Å². The second kappa shape index (κ2) is 5.47. The Kier molecular flexibility index (Phi) is 4.95. The fourth-order valence-electron chi connectivity index (χ4n) is 0.727. The van der Waals surface area contributed by atoms with Gasteiger partial charge in [-0.15, -0.1) is 0 Å². The van der Waals surface area contributed by atoms with E-state index in [-0.39, 0.29) is 6.61 Å². The third kappa shape index (κ3) is 5.13. The van der Waals surface area contributed by atoms with E-state index in [2.05, 4.69) is 11.3 Å². The van der Waals surface area contributed by atoms with Crippen LogP contribution in [0.15, 0.2) is 12.7 Å². The molecule has 1 amide bonds. The molecule has 0 bridgehead atoms. The van der Waals surface area contributed by atoms with Crippen molar-refractivity contribution in [2.75, 3.05) is 6.61 Å². The smallest absolute Gasteiger partial charge is 0.327 e. The Bertz CT molecular complexity index is 360. The van der Waals surface area contributed by atoms with Crippen LogP contribution in [0.4, 0.5) is 0 Å². The van der Waals surface area contributed by atoms with Gasteiger partial charge >= 0.3 is 5.97 Å². The third-order valence-electron chi connectivity index (χ3n) is 1.35. The van der Waals surface area contributed by atoms with Crippen LogP contribution >= 0.6 is 0 Å². The normalized spacial score (nSPS) is 12.9. The van der Waals surface area contributed by atoms with E-state index < -0.39 is 33.7 Å². The highest BCUT2D eigenvalue weighted by molar-refractivity contribution is 7.87. The predicted molar refractivity (Wildman–Crippen MR) is 50.3 cm³/mol. The van der Waals surface area contributed by atoms with E-state index in [0.29, 0.717) is 0 Å². The number of ether oxygens (including phenoxy) is 1. The van der Waals surface area contributed by atoms with Gasteiger partial charge in [-0.3, -0.25) is 14.1 Å². The van der Waals surface area contributed by atoms with Gasteiger partial charge in [0.15, 0.2) is 5.25 Å². The van der Waals surface area contributed by atoms with Crippen molar-refractivity contribution >= 4 is 22.0 Å². The van der Waals surface area contributed by atoms with Crippen LogP contribution in [0.3, 0.4) is 0 Å². The molecule has 1 unspecified atom stereocenters. The van der Waals surface area contributed by atoms with Crippen molar-refractivity contribution in [1.82, 2.24) is 0 Å². The van der Waals surface area contributed by atoms with Crippen molar-refractivity contribution in [2.45, 2.75) is 11.7 Å². The van der Waals surface area contributed by atoms with E-state index in [1.54, 1.807) is 0 Å². The lowest BCUT2D eigenvalue weighted by atomic mass is 10.3. The minimum atomic E-state index is -4.70. The highest BCUT2D eigenvalue weighted by atomic mass is 32.2. The van der Waals surface area contributed by atoms with Gasteiger partial charge in [0.25, 0.3) is 10.1 Å². The molecule has 0 heterocycles. The van der Waals surface area contributed by atoms with E-state index in [9.17, 15) is 18.0 Å². The number of hydrogen-bond acceptors (Lipinski definition) is 5. The number of amides is 1. The van der Waals surface area contributed by atoms with Gasteiger partial charge in [0.2, 0.25) is 5.91 Å². The molecule has 1 atom stereocenters. The number of primary amides is 1. The summed E-state index contributed by atoms with van der Waals surface area (Å²) < 4.78 is 34.4. The summed E-state index contributed by atoms with van der Waals surface area (Å²) in [5.41, 5.74) is 4.71. The Morgan fingerprint density at radius 3 is 2.40 bits per heavy atom. The minimum Gasteiger partial charge on any atom is -0.460 e. The van der Waals surface area contributed by atoms with Gasteiger partial charge in [-0.25, -0.2) is 0 Å². The molecule has 3 N–H and O–H groups in total. The minimum absolute atomic E-state index is 0.219. The largest absolute Gasteiger partial charge is 0.460 e. The molecule has 0 radical (unpaired) electrons.